The molecule has 8 heteroatoms. The maximum Gasteiger partial charge on any atom is 0.324 e. The smallest absolute Gasteiger partial charge is 0.324 e. The van der Waals surface area contributed by atoms with E-state index in [0.717, 1.165) is 12.1 Å². The molecule has 0 aliphatic carbocycles. The minimum Gasteiger partial charge on any atom is -0.356 e. The number of nitrogens with one attached hydrogen (secondary N) is 3. The van der Waals surface area contributed by atoms with Crippen molar-refractivity contribution in [3.8, 4) is 0 Å². The highest BCUT2D eigenvalue weighted by Crippen LogP contribution is 1.97. The minimum atomic E-state index is -0.343. The number of aliphatic imine (C=N–C) groups is 1. The van der Waals surface area contributed by atoms with Crippen LogP contribution in [0.1, 0.15) is 5.69 Å². The molecule has 1 aliphatic heterocycles. The third-order valence-corrected chi connectivity index (χ3v) is 3.19. The number of guanidine groups is 1. The standard InChI is InChI=1S/C14H20N6O2/c1-15-13(17-7-5-11-4-2-3-6-16-11)18-8-9-20-12(21)10-19-14(20)22/h2-4,6H,5,7-10H2,1H3,(H,19,22)(H2,15,17,18). The lowest BCUT2D eigenvalue weighted by molar-refractivity contribution is -0.124. The van der Waals surface area contributed by atoms with Crippen LogP contribution in [0.2, 0.25) is 0 Å². The summed E-state index contributed by atoms with van der Waals surface area (Å²) in [7, 11) is 1.67. The Bertz CT molecular complexity index is 530. The fourth-order valence-corrected chi connectivity index (χ4v) is 2.04. The molecule has 3 amide bonds. The lowest BCUT2D eigenvalue weighted by Crippen LogP contribution is -2.43. The quantitative estimate of drug-likeness (QED) is 0.368. The summed E-state index contributed by atoms with van der Waals surface area (Å²) < 4.78 is 0. The highest BCUT2D eigenvalue weighted by atomic mass is 16.2. The molecule has 118 valence electrons. The van der Waals surface area contributed by atoms with Crippen molar-refractivity contribution in [1.82, 2.24) is 25.8 Å². The first-order valence-electron chi connectivity index (χ1n) is 7.13. The zero-order valence-corrected chi connectivity index (χ0v) is 12.5. The second kappa shape index (κ2) is 7.96. The average Bonchev–Trinajstić information content (AvgIpc) is 2.86. The maximum atomic E-state index is 11.4. The molecule has 2 heterocycles. The number of imide groups is 1. The molecule has 22 heavy (non-hydrogen) atoms. The third-order valence-electron chi connectivity index (χ3n) is 3.19. The zero-order chi connectivity index (χ0) is 15.8. The van der Waals surface area contributed by atoms with Crippen LogP contribution in [0.25, 0.3) is 0 Å². The molecule has 1 aliphatic rings. The first kappa shape index (κ1) is 15.7. The van der Waals surface area contributed by atoms with Crippen molar-refractivity contribution in [1.29, 1.82) is 0 Å². The molecule has 8 nitrogen and oxygen atoms in total. The Morgan fingerprint density at radius 1 is 1.36 bits per heavy atom. The van der Waals surface area contributed by atoms with Gasteiger partial charge in [-0.05, 0) is 12.1 Å². The molecule has 0 radical (unpaired) electrons. The van der Waals surface area contributed by atoms with E-state index in [4.69, 9.17) is 0 Å². The van der Waals surface area contributed by atoms with E-state index in [0.29, 0.717) is 25.6 Å². The van der Waals surface area contributed by atoms with E-state index in [2.05, 4.69) is 25.9 Å². The molecule has 2 rings (SSSR count). The Kier molecular flexibility index (Phi) is 5.70. The van der Waals surface area contributed by atoms with E-state index in [1.165, 1.54) is 4.90 Å². The van der Waals surface area contributed by atoms with Gasteiger partial charge in [0.05, 0.1) is 6.54 Å². The van der Waals surface area contributed by atoms with Gasteiger partial charge in [0.1, 0.15) is 0 Å². The van der Waals surface area contributed by atoms with Gasteiger partial charge in [0.25, 0.3) is 0 Å². The van der Waals surface area contributed by atoms with Crippen LogP contribution in [0.3, 0.4) is 0 Å². The van der Waals surface area contributed by atoms with Crippen LogP contribution in [0.15, 0.2) is 29.4 Å². The number of nitrogens with zero attached hydrogens (tertiary/aromatic N) is 3. The number of rotatable bonds is 6. The van der Waals surface area contributed by atoms with Crippen LogP contribution in [-0.4, -0.2) is 61.0 Å². The summed E-state index contributed by atoms with van der Waals surface area (Å²) in [6.45, 7) is 1.53. The molecule has 0 saturated carbocycles. The third kappa shape index (κ3) is 4.44. The van der Waals surface area contributed by atoms with Crippen molar-refractivity contribution in [2.75, 3.05) is 33.2 Å². The maximum absolute atomic E-state index is 11.4. The fraction of sp³-hybridized carbons (Fsp3) is 0.429. The summed E-state index contributed by atoms with van der Waals surface area (Å²) in [5.41, 5.74) is 1.00. The monoisotopic (exact) mass is 304 g/mol. The van der Waals surface area contributed by atoms with Crippen molar-refractivity contribution >= 4 is 17.9 Å². The Morgan fingerprint density at radius 2 is 2.18 bits per heavy atom. The highest BCUT2D eigenvalue weighted by molar-refractivity contribution is 6.01. The van der Waals surface area contributed by atoms with Gasteiger partial charge in [-0.1, -0.05) is 6.07 Å². The van der Waals surface area contributed by atoms with Crippen molar-refractivity contribution in [2.24, 2.45) is 4.99 Å². The topological polar surface area (TPSA) is 98.7 Å². The van der Waals surface area contributed by atoms with Crippen molar-refractivity contribution in [2.45, 2.75) is 6.42 Å². The number of pyridine rings is 1. The number of hydrogen-bond donors (Lipinski definition) is 3. The Balaban J connectivity index is 1.67. The van der Waals surface area contributed by atoms with Crippen LogP contribution in [-0.2, 0) is 11.2 Å². The van der Waals surface area contributed by atoms with Crippen LogP contribution < -0.4 is 16.0 Å². The van der Waals surface area contributed by atoms with E-state index in [-0.39, 0.29) is 18.5 Å². The first-order valence-corrected chi connectivity index (χ1v) is 7.13. The average molecular weight is 304 g/mol. The molecule has 1 aromatic heterocycles. The lowest BCUT2D eigenvalue weighted by Gasteiger charge is -2.15. The summed E-state index contributed by atoms with van der Waals surface area (Å²) in [6, 6.07) is 5.46. The molecule has 0 atom stereocenters. The molecule has 0 unspecified atom stereocenters. The molecule has 0 bridgehead atoms. The summed E-state index contributed by atoms with van der Waals surface area (Å²) in [4.78, 5) is 32.3. The predicted molar refractivity (Wildman–Crippen MR) is 82.4 cm³/mol. The first-order chi connectivity index (χ1) is 10.7. The van der Waals surface area contributed by atoms with Crippen LogP contribution in [0.4, 0.5) is 4.79 Å². The number of amides is 3. The predicted octanol–water partition coefficient (Wildman–Crippen LogP) is -0.659. The normalized spacial score (nSPS) is 15.0. The summed E-state index contributed by atoms with van der Waals surface area (Å²) in [5.74, 6) is 0.424. The summed E-state index contributed by atoms with van der Waals surface area (Å²) >= 11 is 0. The molecule has 1 saturated heterocycles. The van der Waals surface area contributed by atoms with Gasteiger partial charge < -0.3 is 16.0 Å². The number of aromatic nitrogens is 1. The molecular formula is C14H20N6O2. The van der Waals surface area contributed by atoms with E-state index >= 15 is 0 Å². The zero-order valence-electron chi connectivity index (χ0n) is 12.5. The molecule has 0 spiro atoms. The van der Waals surface area contributed by atoms with Crippen molar-refractivity contribution < 1.29 is 9.59 Å². The van der Waals surface area contributed by atoms with E-state index < -0.39 is 0 Å². The minimum absolute atomic E-state index is 0.0792. The van der Waals surface area contributed by atoms with Gasteiger partial charge in [-0.25, -0.2) is 4.79 Å². The van der Waals surface area contributed by atoms with Gasteiger partial charge in [-0.2, -0.15) is 0 Å². The highest BCUT2D eigenvalue weighted by Gasteiger charge is 2.27. The number of carbonyl (C=O) groups is 2. The van der Waals surface area contributed by atoms with Crippen molar-refractivity contribution in [3.05, 3.63) is 30.1 Å². The number of urea groups is 1. The van der Waals surface area contributed by atoms with Crippen molar-refractivity contribution in [3.63, 3.8) is 0 Å². The largest absolute Gasteiger partial charge is 0.356 e. The van der Waals surface area contributed by atoms with E-state index in [1.807, 2.05) is 18.2 Å². The van der Waals surface area contributed by atoms with Gasteiger partial charge in [0, 0.05) is 45.0 Å². The van der Waals surface area contributed by atoms with Gasteiger partial charge in [0.15, 0.2) is 5.96 Å². The molecule has 3 N–H and O–H groups in total. The van der Waals surface area contributed by atoms with E-state index in [9.17, 15) is 9.59 Å². The van der Waals surface area contributed by atoms with Crippen LogP contribution in [0.5, 0.6) is 0 Å². The van der Waals surface area contributed by atoms with Crippen LogP contribution >= 0.6 is 0 Å². The van der Waals surface area contributed by atoms with Crippen LogP contribution in [0, 0.1) is 0 Å². The Morgan fingerprint density at radius 3 is 2.82 bits per heavy atom. The summed E-state index contributed by atoms with van der Waals surface area (Å²) in [5, 5.41) is 8.71. The van der Waals surface area contributed by atoms with Gasteiger partial charge in [0.2, 0.25) is 5.91 Å². The second-order valence-corrected chi connectivity index (χ2v) is 4.70. The van der Waals surface area contributed by atoms with Gasteiger partial charge in [-0.3, -0.25) is 19.7 Å². The molecule has 0 aromatic carbocycles. The number of carbonyl (C=O) groups excluding carboxylic acids is 2. The lowest BCUT2D eigenvalue weighted by atomic mass is 10.3. The van der Waals surface area contributed by atoms with E-state index in [1.54, 1.807) is 13.2 Å². The fourth-order valence-electron chi connectivity index (χ4n) is 2.04. The second-order valence-electron chi connectivity index (χ2n) is 4.70. The SMILES string of the molecule is CN=C(NCCc1ccccn1)NCCN1C(=O)CNC1=O. The van der Waals surface area contributed by atoms with Gasteiger partial charge >= 0.3 is 6.03 Å². The summed E-state index contributed by atoms with van der Waals surface area (Å²) in [6.07, 6.45) is 2.55. The molecule has 1 fully saturated rings. The molecular weight excluding hydrogens is 284 g/mol. The number of hydrogen-bond acceptors (Lipinski definition) is 4. The Hall–Kier alpha value is -2.64. The van der Waals surface area contributed by atoms with Gasteiger partial charge in [-0.15, -0.1) is 0 Å². The Labute approximate surface area is 129 Å². The molecule has 1 aromatic rings.